The van der Waals surface area contributed by atoms with Crippen LogP contribution >= 0.6 is 0 Å². The third-order valence-electron chi connectivity index (χ3n) is 3.27. The van der Waals surface area contributed by atoms with E-state index < -0.39 is 66.4 Å². The van der Waals surface area contributed by atoms with E-state index in [2.05, 4.69) is 9.47 Å². The lowest BCUT2D eigenvalue weighted by atomic mass is 10.1. The summed E-state index contributed by atoms with van der Waals surface area (Å²) in [6.07, 6.45) is -18.6. The summed E-state index contributed by atoms with van der Waals surface area (Å²) in [5.74, 6) is -17.3. The summed E-state index contributed by atoms with van der Waals surface area (Å²) in [6.45, 7) is -3.35. The Bertz CT molecular complexity index is 769. The predicted molar refractivity (Wildman–Crippen MR) is 70.7 cm³/mol. The zero-order chi connectivity index (χ0) is 23.8. The third kappa shape index (κ3) is 5.02. The molecule has 0 fully saturated rings. The highest BCUT2D eigenvalue weighted by atomic mass is 19.4. The molecule has 172 valence electrons. The SMILES string of the molecule is O=C(O)c1ccc(C(F)(F)F)c(OCCOC(F)(F)C(F)(F)C(F)(F)C(F)(F)F)c1. The maximum Gasteiger partial charge on any atom is 0.460 e. The largest absolute Gasteiger partial charge is 0.491 e. The van der Waals surface area contributed by atoms with Crippen molar-refractivity contribution in [1.29, 1.82) is 0 Å². The van der Waals surface area contributed by atoms with Gasteiger partial charge in [0, 0.05) is 0 Å². The number of hydrogen-bond acceptors (Lipinski definition) is 3. The second-order valence-electron chi connectivity index (χ2n) is 5.37. The molecule has 0 heterocycles. The highest BCUT2D eigenvalue weighted by Crippen LogP contribution is 2.53. The first-order valence-electron chi connectivity index (χ1n) is 7.17. The van der Waals surface area contributed by atoms with E-state index in [-0.39, 0.29) is 12.1 Å². The number of carboxylic acid groups (broad SMARTS) is 1. The van der Waals surface area contributed by atoms with Crippen molar-refractivity contribution >= 4 is 5.97 Å². The van der Waals surface area contributed by atoms with Gasteiger partial charge in [-0.25, -0.2) is 4.79 Å². The Morgan fingerprint density at radius 1 is 0.833 bits per heavy atom. The van der Waals surface area contributed by atoms with Crippen molar-refractivity contribution in [3.05, 3.63) is 29.3 Å². The summed E-state index contributed by atoms with van der Waals surface area (Å²) in [4.78, 5) is 10.8. The van der Waals surface area contributed by atoms with E-state index in [9.17, 15) is 57.5 Å². The van der Waals surface area contributed by atoms with Crippen LogP contribution in [0, 0.1) is 0 Å². The molecule has 0 atom stereocenters. The number of benzene rings is 1. The number of hydrogen-bond donors (Lipinski definition) is 1. The Kier molecular flexibility index (Phi) is 6.87. The average molecular weight is 468 g/mol. The Balaban J connectivity index is 2.95. The fraction of sp³-hybridized carbons (Fsp3) is 0.500. The maximum absolute atomic E-state index is 13.1. The number of alkyl halides is 12. The topological polar surface area (TPSA) is 55.8 Å². The molecule has 0 unspecified atom stereocenters. The highest BCUT2D eigenvalue weighted by Gasteiger charge is 2.82. The minimum absolute atomic E-state index is 0.228. The van der Waals surface area contributed by atoms with Gasteiger partial charge in [0.1, 0.15) is 12.4 Å². The second-order valence-corrected chi connectivity index (χ2v) is 5.37. The number of ether oxygens (including phenoxy) is 2. The molecule has 16 heteroatoms. The van der Waals surface area contributed by atoms with Gasteiger partial charge in [0.2, 0.25) is 0 Å². The van der Waals surface area contributed by atoms with Crippen molar-refractivity contribution in [3.8, 4) is 5.75 Å². The molecule has 0 aliphatic carbocycles. The van der Waals surface area contributed by atoms with Crippen molar-refractivity contribution in [3.63, 3.8) is 0 Å². The van der Waals surface area contributed by atoms with Crippen LogP contribution in [0.3, 0.4) is 0 Å². The first-order valence-corrected chi connectivity index (χ1v) is 7.17. The molecule has 1 aromatic carbocycles. The molecule has 4 nitrogen and oxygen atoms in total. The van der Waals surface area contributed by atoms with Crippen LogP contribution in [0.4, 0.5) is 52.7 Å². The van der Waals surface area contributed by atoms with Gasteiger partial charge >= 0.3 is 36.3 Å². The monoisotopic (exact) mass is 468 g/mol. The van der Waals surface area contributed by atoms with Crippen LogP contribution in [-0.2, 0) is 10.9 Å². The van der Waals surface area contributed by atoms with Gasteiger partial charge in [-0.1, -0.05) is 0 Å². The maximum atomic E-state index is 13.1. The van der Waals surface area contributed by atoms with Crippen LogP contribution in [0.15, 0.2) is 18.2 Å². The van der Waals surface area contributed by atoms with Gasteiger partial charge in [-0.3, -0.25) is 0 Å². The van der Waals surface area contributed by atoms with Gasteiger partial charge in [0.05, 0.1) is 17.7 Å². The van der Waals surface area contributed by atoms with Crippen LogP contribution in [-0.4, -0.2) is 48.4 Å². The van der Waals surface area contributed by atoms with E-state index in [0.29, 0.717) is 6.07 Å². The molecular weight excluding hydrogens is 460 g/mol. The number of carboxylic acids is 1. The van der Waals surface area contributed by atoms with Crippen molar-refractivity contribution in [2.75, 3.05) is 13.2 Å². The number of halogens is 12. The minimum Gasteiger partial charge on any atom is -0.491 e. The van der Waals surface area contributed by atoms with Crippen molar-refractivity contribution in [2.45, 2.75) is 30.3 Å². The van der Waals surface area contributed by atoms with Gasteiger partial charge in [-0.2, -0.15) is 52.7 Å². The second kappa shape index (κ2) is 8.03. The Hall–Kier alpha value is -2.39. The summed E-state index contributed by atoms with van der Waals surface area (Å²) in [6, 6.07) is 1.02. The lowest BCUT2D eigenvalue weighted by molar-refractivity contribution is -0.444. The lowest BCUT2D eigenvalue weighted by Gasteiger charge is -2.32. The third-order valence-corrected chi connectivity index (χ3v) is 3.27. The highest BCUT2D eigenvalue weighted by molar-refractivity contribution is 5.88. The van der Waals surface area contributed by atoms with Gasteiger partial charge in [0.25, 0.3) is 0 Å². The molecule has 0 spiro atoms. The number of rotatable bonds is 8. The zero-order valence-corrected chi connectivity index (χ0v) is 13.9. The Morgan fingerprint density at radius 3 is 1.80 bits per heavy atom. The van der Waals surface area contributed by atoms with Gasteiger partial charge < -0.3 is 14.6 Å². The molecule has 0 radical (unpaired) electrons. The molecule has 30 heavy (non-hydrogen) atoms. The van der Waals surface area contributed by atoms with Gasteiger partial charge in [0.15, 0.2) is 0 Å². The van der Waals surface area contributed by atoms with Crippen molar-refractivity contribution in [1.82, 2.24) is 0 Å². The number of carbonyl (C=O) groups is 1. The summed E-state index contributed by atoms with van der Waals surface area (Å²) in [5, 5.41) is 8.71. The fourth-order valence-corrected chi connectivity index (χ4v) is 1.78. The molecule has 0 saturated carbocycles. The van der Waals surface area contributed by atoms with Crippen LogP contribution < -0.4 is 4.74 Å². The average Bonchev–Trinajstić information content (AvgIpc) is 2.56. The molecule has 0 bridgehead atoms. The van der Waals surface area contributed by atoms with E-state index in [1.54, 1.807) is 0 Å². The summed E-state index contributed by atoms with van der Waals surface area (Å²) < 4.78 is 159. The molecule has 0 amide bonds. The van der Waals surface area contributed by atoms with E-state index >= 15 is 0 Å². The summed E-state index contributed by atoms with van der Waals surface area (Å²) >= 11 is 0. The summed E-state index contributed by atoms with van der Waals surface area (Å²) in [7, 11) is 0. The molecule has 0 saturated heterocycles. The standard InChI is InChI=1S/C14H8F12O4/c15-10(16,17)7-2-1-6(9(27)28)5-8(7)29-3-4-30-14(25,26)12(20,21)11(18,19)13(22,23)24/h1-2,5H,3-4H2,(H,27,28). The van der Waals surface area contributed by atoms with Crippen LogP contribution in [0.1, 0.15) is 15.9 Å². The zero-order valence-electron chi connectivity index (χ0n) is 13.9. The van der Waals surface area contributed by atoms with Gasteiger partial charge in [-0.05, 0) is 18.2 Å². The molecule has 1 aromatic rings. The van der Waals surface area contributed by atoms with E-state index in [1.807, 2.05) is 0 Å². The lowest BCUT2D eigenvalue weighted by Crippen LogP contribution is -2.61. The predicted octanol–water partition coefficient (Wildman–Crippen LogP) is 5.22. The number of aromatic carboxylic acids is 1. The van der Waals surface area contributed by atoms with Crippen molar-refractivity contribution in [2.24, 2.45) is 0 Å². The Labute approximate surface area is 158 Å². The first kappa shape index (κ1) is 25.6. The first-order chi connectivity index (χ1) is 13.3. The fourth-order valence-electron chi connectivity index (χ4n) is 1.78. The van der Waals surface area contributed by atoms with Crippen molar-refractivity contribution < 1.29 is 72.1 Å². The smallest absolute Gasteiger partial charge is 0.460 e. The Morgan fingerprint density at radius 2 is 1.37 bits per heavy atom. The van der Waals surface area contributed by atoms with E-state index in [0.717, 1.165) is 0 Å². The molecular formula is C14H8F12O4. The minimum atomic E-state index is -7.20. The molecule has 0 aliphatic heterocycles. The quantitative estimate of drug-likeness (QED) is 0.420. The molecule has 1 rings (SSSR count). The molecule has 1 N–H and O–H groups in total. The van der Waals surface area contributed by atoms with E-state index in [1.165, 1.54) is 0 Å². The van der Waals surface area contributed by atoms with Gasteiger partial charge in [-0.15, -0.1) is 0 Å². The normalized spacial score (nSPS) is 14.0. The van der Waals surface area contributed by atoms with Crippen LogP contribution in [0.25, 0.3) is 0 Å². The van der Waals surface area contributed by atoms with Crippen LogP contribution in [0.2, 0.25) is 0 Å². The van der Waals surface area contributed by atoms with E-state index in [4.69, 9.17) is 5.11 Å². The molecule has 0 aromatic heterocycles. The van der Waals surface area contributed by atoms with Crippen LogP contribution in [0.5, 0.6) is 5.75 Å². The summed E-state index contributed by atoms with van der Waals surface area (Å²) in [5.41, 5.74) is -2.38. The molecule has 0 aliphatic rings.